The number of hydrogen-bond donors (Lipinski definition) is 0. The largest absolute Gasteiger partial charge is 0.496 e. The molecule has 0 radical (unpaired) electrons. The molecule has 0 atom stereocenters. The van der Waals surface area contributed by atoms with Gasteiger partial charge in [0.1, 0.15) is 17.6 Å². The lowest BCUT2D eigenvalue weighted by Crippen LogP contribution is -2.41. The highest BCUT2D eigenvalue weighted by atomic mass is 32.2. The van der Waals surface area contributed by atoms with Crippen LogP contribution >= 0.6 is 0 Å². The Kier molecular flexibility index (Phi) is 5.77. The van der Waals surface area contributed by atoms with Gasteiger partial charge in [0.05, 0.1) is 12.0 Å². The molecule has 2 aromatic carbocycles. The zero-order valence-corrected chi connectivity index (χ0v) is 17.2. The molecule has 0 amide bonds. The molecule has 0 bridgehead atoms. The first-order valence-electron chi connectivity index (χ1n) is 9.20. The summed E-state index contributed by atoms with van der Waals surface area (Å²) in [5, 5.41) is 0. The van der Waals surface area contributed by atoms with Crippen molar-refractivity contribution in [2.45, 2.75) is 44.6 Å². The van der Waals surface area contributed by atoms with Crippen LogP contribution in [0.25, 0.3) is 0 Å². The normalized spacial score (nSPS) is 16.3. The standard InChI is InChI=1S/C21H27NO4S/c1-15-5-7-18(8-6-15)26-19-9-11-22(12-10-19)27(23,24)21-14-16(2)20(25-4)13-17(21)3/h5-8,13-14,19H,9-12H2,1-4H3. The van der Waals surface area contributed by atoms with Crippen LogP contribution in [0.3, 0.4) is 0 Å². The van der Waals surface area contributed by atoms with Gasteiger partial charge < -0.3 is 9.47 Å². The molecule has 2 aromatic rings. The molecule has 1 aliphatic rings. The Morgan fingerprint density at radius 1 is 0.963 bits per heavy atom. The zero-order chi connectivity index (χ0) is 19.6. The van der Waals surface area contributed by atoms with Gasteiger partial charge in [-0.1, -0.05) is 17.7 Å². The van der Waals surface area contributed by atoms with E-state index in [1.807, 2.05) is 45.0 Å². The summed E-state index contributed by atoms with van der Waals surface area (Å²) in [7, 11) is -1.93. The van der Waals surface area contributed by atoms with E-state index in [1.54, 1.807) is 23.5 Å². The summed E-state index contributed by atoms with van der Waals surface area (Å²) in [6.45, 7) is 6.63. The lowest BCUT2D eigenvalue weighted by molar-refractivity contribution is 0.135. The molecular formula is C21H27NO4S. The average Bonchev–Trinajstić information content (AvgIpc) is 2.65. The second kappa shape index (κ2) is 7.90. The Labute approximate surface area is 162 Å². The van der Waals surface area contributed by atoms with E-state index in [0.29, 0.717) is 42.1 Å². The zero-order valence-electron chi connectivity index (χ0n) is 16.4. The van der Waals surface area contributed by atoms with Crippen LogP contribution in [0.4, 0.5) is 0 Å². The van der Waals surface area contributed by atoms with Crippen molar-refractivity contribution >= 4 is 10.0 Å². The second-order valence-corrected chi connectivity index (χ2v) is 9.03. The summed E-state index contributed by atoms with van der Waals surface area (Å²) in [6, 6.07) is 11.4. The van der Waals surface area contributed by atoms with Gasteiger partial charge in [0, 0.05) is 13.1 Å². The van der Waals surface area contributed by atoms with Gasteiger partial charge in [-0.25, -0.2) is 8.42 Å². The van der Waals surface area contributed by atoms with E-state index < -0.39 is 10.0 Å². The van der Waals surface area contributed by atoms with Crippen molar-refractivity contribution in [2.24, 2.45) is 0 Å². The van der Waals surface area contributed by atoms with Crippen LogP contribution in [0.5, 0.6) is 11.5 Å². The third-order valence-electron chi connectivity index (χ3n) is 5.03. The van der Waals surface area contributed by atoms with E-state index in [1.165, 1.54) is 5.56 Å². The summed E-state index contributed by atoms with van der Waals surface area (Å²) in [5.41, 5.74) is 2.71. The molecule has 0 aliphatic carbocycles. The van der Waals surface area contributed by atoms with Crippen molar-refractivity contribution in [3.05, 3.63) is 53.1 Å². The number of rotatable bonds is 5. The minimum absolute atomic E-state index is 0.0397. The number of piperidine rings is 1. The molecule has 0 spiro atoms. The van der Waals surface area contributed by atoms with Crippen molar-refractivity contribution in [2.75, 3.05) is 20.2 Å². The van der Waals surface area contributed by atoms with Crippen molar-refractivity contribution in [3.8, 4) is 11.5 Å². The first-order chi connectivity index (χ1) is 12.8. The third-order valence-corrected chi connectivity index (χ3v) is 7.08. The average molecular weight is 390 g/mol. The Balaban J connectivity index is 1.69. The maximum Gasteiger partial charge on any atom is 0.243 e. The summed E-state index contributed by atoms with van der Waals surface area (Å²) < 4.78 is 39.1. The van der Waals surface area contributed by atoms with Gasteiger partial charge in [0.25, 0.3) is 0 Å². The lowest BCUT2D eigenvalue weighted by Gasteiger charge is -2.32. The van der Waals surface area contributed by atoms with Crippen LogP contribution < -0.4 is 9.47 Å². The summed E-state index contributed by atoms with van der Waals surface area (Å²) in [6.07, 6.45) is 1.40. The van der Waals surface area contributed by atoms with Gasteiger partial charge in [0.15, 0.2) is 0 Å². The molecule has 0 saturated carbocycles. The second-order valence-electron chi connectivity index (χ2n) is 7.12. The Morgan fingerprint density at radius 2 is 1.59 bits per heavy atom. The van der Waals surface area contributed by atoms with E-state index in [4.69, 9.17) is 9.47 Å². The maximum atomic E-state index is 13.1. The highest BCUT2D eigenvalue weighted by molar-refractivity contribution is 7.89. The van der Waals surface area contributed by atoms with Crippen molar-refractivity contribution in [3.63, 3.8) is 0 Å². The van der Waals surface area contributed by atoms with Crippen LogP contribution in [0.15, 0.2) is 41.3 Å². The molecular weight excluding hydrogens is 362 g/mol. The summed E-state index contributed by atoms with van der Waals surface area (Å²) in [4.78, 5) is 0.360. The Morgan fingerprint density at radius 3 is 2.19 bits per heavy atom. The number of methoxy groups -OCH3 is 1. The van der Waals surface area contributed by atoms with Crippen LogP contribution in [0.1, 0.15) is 29.5 Å². The van der Waals surface area contributed by atoms with Crippen molar-refractivity contribution < 1.29 is 17.9 Å². The van der Waals surface area contributed by atoms with E-state index in [9.17, 15) is 8.42 Å². The molecule has 0 aromatic heterocycles. The van der Waals surface area contributed by atoms with E-state index in [2.05, 4.69) is 0 Å². The monoisotopic (exact) mass is 389 g/mol. The van der Waals surface area contributed by atoms with Gasteiger partial charge in [0.2, 0.25) is 10.0 Å². The van der Waals surface area contributed by atoms with Gasteiger partial charge in [-0.2, -0.15) is 4.31 Å². The van der Waals surface area contributed by atoms with Gasteiger partial charge >= 0.3 is 0 Å². The fourth-order valence-corrected chi connectivity index (χ4v) is 5.16. The molecule has 1 fully saturated rings. The number of hydrogen-bond acceptors (Lipinski definition) is 4. The summed E-state index contributed by atoms with van der Waals surface area (Å²) in [5.74, 6) is 1.54. The lowest BCUT2D eigenvalue weighted by atomic mass is 10.1. The molecule has 1 saturated heterocycles. The number of nitrogens with zero attached hydrogens (tertiary/aromatic N) is 1. The van der Waals surface area contributed by atoms with Crippen molar-refractivity contribution in [1.29, 1.82) is 0 Å². The quantitative estimate of drug-likeness (QED) is 0.779. The highest BCUT2D eigenvalue weighted by Crippen LogP contribution is 2.29. The fraction of sp³-hybridized carbons (Fsp3) is 0.429. The molecule has 5 nitrogen and oxygen atoms in total. The highest BCUT2D eigenvalue weighted by Gasteiger charge is 2.31. The number of benzene rings is 2. The first kappa shape index (κ1) is 19.7. The van der Waals surface area contributed by atoms with Crippen LogP contribution in [-0.2, 0) is 10.0 Å². The SMILES string of the molecule is COc1cc(C)c(S(=O)(=O)N2CCC(Oc3ccc(C)cc3)CC2)cc1C. The van der Waals surface area contributed by atoms with Crippen LogP contribution in [0.2, 0.25) is 0 Å². The topological polar surface area (TPSA) is 55.8 Å². The fourth-order valence-electron chi connectivity index (χ4n) is 3.40. The molecule has 27 heavy (non-hydrogen) atoms. The molecule has 1 aliphatic heterocycles. The van der Waals surface area contributed by atoms with Crippen LogP contribution in [-0.4, -0.2) is 39.0 Å². The molecule has 1 heterocycles. The molecule has 0 unspecified atom stereocenters. The third kappa shape index (κ3) is 4.28. The van der Waals surface area contributed by atoms with E-state index in [0.717, 1.165) is 11.3 Å². The van der Waals surface area contributed by atoms with E-state index in [-0.39, 0.29) is 6.10 Å². The van der Waals surface area contributed by atoms with Gasteiger partial charge in [-0.3, -0.25) is 0 Å². The predicted octanol–water partition coefficient (Wildman–Crippen LogP) is 3.85. The number of ether oxygens (including phenoxy) is 2. The Bertz CT molecular complexity index is 899. The van der Waals surface area contributed by atoms with Gasteiger partial charge in [-0.15, -0.1) is 0 Å². The number of aryl methyl sites for hydroxylation is 3. The number of sulfonamides is 1. The first-order valence-corrected chi connectivity index (χ1v) is 10.6. The maximum absolute atomic E-state index is 13.1. The minimum Gasteiger partial charge on any atom is -0.496 e. The molecule has 6 heteroatoms. The van der Waals surface area contributed by atoms with Crippen molar-refractivity contribution in [1.82, 2.24) is 4.31 Å². The van der Waals surface area contributed by atoms with Gasteiger partial charge in [-0.05, 0) is 69.0 Å². The van der Waals surface area contributed by atoms with Crippen LogP contribution in [0, 0.1) is 20.8 Å². The van der Waals surface area contributed by atoms with E-state index >= 15 is 0 Å². The molecule has 146 valence electrons. The minimum atomic E-state index is -3.52. The molecule has 0 N–H and O–H groups in total. The molecule has 3 rings (SSSR count). The smallest absolute Gasteiger partial charge is 0.243 e. The Hall–Kier alpha value is -2.05. The predicted molar refractivity (Wildman–Crippen MR) is 106 cm³/mol. The summed E-state index contributed by atoms with van der Waals surface area (Å²) >= 11 is 0.